The van der Waals surface area contributed by atoms with Gasteiger partial charge in [-0.2, -0.15) is 0 Å². The van der Waals surface area contributed by atoms with Crippen molar-refractivity contribution in [2.45, 2.75) is 25.8 Å². The number of ether oxygens (including phenoxy) is 1. The Kier molecular flexibility index (Phi) is 4.97. The fraction of sp³-hybridized carbons (Fsp3) is 0.625. The molecule has 1 N–H and O–H groups in total. The Morgan fingerprint density at radius 1 is 1.16 bits per heavy atom. The number of piperazine rings is 1. The number of nitrogens with one attached hydrogen (secondary N) is 1. The van der Waals surface area contributed by atoms with E-state index >= 15 is 0 Å². The van der Waals surface area contributed by atoms with Crippen LogP contribution in [0, 0.1) is 0 Å². The second-order valence-corrected chi connectivity index (χ2v) is 6.04. The molecule has 106 valence electrons. The minimum Gasteiger partial charge on any atom is -0.384 e. The molecule has 1 aliphatic heterocycles. The summed E-state index contributed by atoms with van der Waals surface area (Å²) in [4.78, 5) is 2.51. The van der Waals surface area contributed by atoms with Crippen molar-refractivity contribution in [3.05, 3.63) is 35.4 Å². The van der Waals surface area contributed by atoms with Crippen molar-refractivity contribution in [1.29, 1.82) is 0 Å². The molecule has 1 aromatic rings. The van der Waals surface area contributed by atoms with E-state index in [-0.39, 0.29) is 5.41 Å². The monoisotopic (exact) mass is 262 g/mol. The van der Waals surface area contributed by atoms with Gasteiger partial charge in [-0.3, -0.25) is 4.90 Å². The number of hydrogen-bond donors (Lipinski definition) is 1. The van der Waals surface area contributed by atoms with E-state index in [0.717, 1.165) is 39.3 Å². The summed E-state index contributed by atoms with van der Waals surface area (Å²) in [7, 11) is 1.76. The molecule has 1 saturated heterocycles. The third-order valence-corrected chi connectivity index (χ3v) is 3.86. The van der Waals surface area contributed by atoms with Gasteiger partial charge < -0.3 is 10.1 Å². The Hall–Kier alpha value is -0.900. The number of methoxy groups -OCH3 is 1. The molecule has 2 rings (SSSR count). The van der Waals surface area contributed by atoms with E-state index in [1.165, 1.54) is 11.1 Å². The summed E-state index contributed by atoms with van der Waals surface area (Å²) in [5, 5.41) is 3.39. The summed E-state index contributed by atoms with van der Waals surface area (Å²) in [5.74, 6) is 0. The Morgan fingerprint density at radius 2 is 1.79 bits per heavy atom. The van der Waals surface area contributed by atoms with E-state index in [1.807, 2.05) is 0 Å². The summed E-state index contributed by atoms with van der Waals surface area (Å²) in [6.07, 6.45) is 0. The van der Waals surface area contributed by atoms with Gasteiger partial charge in [0.1, 0.15) is 0 Å². The van der Waals surface area contributed by atoms with Crippen LogP contribution >= 0.6 is 0 Å². The highest BCUT2D eigenvalue weighted by Gasteiger charge is 2.20. The second-order valence-electron chi connectivity index (χ2n) is 6.04. The lowest BCUT2D eigenvalue weighted by Crippen LogP contribution is -2.42. The standard InChI is InChI=1S/C16H26N2O/c1-16(2,13-19-3)15-6-4-14(5-7-15)12-18-10-8-17-9-11-18/h4-7,17H,8-13H2,1-3H3. The third kappa shape index (κ3) is 4.03. The van der Waals surface area contributed by atoms with Crippen LogP contribution in [-0.2, 0) is 16.7 Å². The molecule has 1 fully saturated rings. The van der Waals surface area contributed by atoms with Crippen molar-refractivity contribution in [2.75, 3.05) is 39.9 Å². The number of benzene rings is 1. The predicted molar refractivity (Wildman–Crippen MR) is 79.5 cm³/mol. The molecule has 19 heavy (non-hydrogen) atoms. The lowest BCUT2D eigenvalue weighted by Gasteiger charge is -2.28. The van der Waals surface area contributed by atoms with Gasteiger partial charge in [-0.25, -0.2) is 0 Å². The van der Waals surface area contributed by atoms with Gasteiger partial charge in [-0.15, -0.1) is 0 Å². The van der Waals surface area contributed by atoms with Crippen LogP contribution in [0.2, 0.25) is 0 Å². The molecule has 1 heterocycles. The van der Waals surface area contributed by atoms with E-state index in [9.17, 15) is 0 Å². The van der Waals surface area contributed by atoms with Gasteiger partial charge in [0.05, 0.1) is 6.61 Å². The lowest BCUT2D eigenvalue weighted by atomic mass is 9.85. The van der Waals surface area contributed by atoms with Crippen molar-refractivity contribution in [2.24, 2.45) is 0 Å². The van der Waals surface area contributed by atoms with Crippen molar-refractivity contribution in [1.82, 2.24) is 10.2 Å². The summed E-state index contributed by atoms with van der Waals surface area (Å²) < 4.78 is 5.30. The summed E-state index contributed by atoms with van der Waals surface area (Å²) >= 11 is 0. The highest BCUT2D eigenvalue weighted by molar-refractivity contribution is 5.28. The van der Waals surface area contributed by atoms with Crippen LogP contribution in [0.15, 0.2) is 24.3 Å². The summed E-state index contributed by atoms with van der Waals surface area (Å²) in [6, 6.07) is 9.01. The minimum atomic E-state index is 0.0856. The molecular weight excluding hydrogens is 236 g/mol. The van der Waals surface area contributed by atoms with Crippen molar-refractivity contribution in [3.8, 4) is 0 Å². The SMILES string of the molecule is COCC(C)(C)c1ccc(CN2CCNCC2)cc1. The van der Waals surface area contributed by atoms with Crippen LogP contribution in [-0.4, -0.2) is 44.8 Å². The zero-order valence-electron chi connectivity index (χ0n) is 12.4. The molecule has 0 amide bonds. The second kappa shape index (κ2) is 6.51. The summed E-state index contributed by atoms with van der Waals surface area (Å²) in [6.45, 7) is 10.8. The molecule has 1 aliphatic rings. The Labute approximate surface area is 116 Å². The van der Waals surface area contributed by atoms with Gasteiger partial charge in [-0.05, 0) is 11.1 Å². The molecule has 3 heteroatoms. The maximum absolute atomic E-state index is 5.30. The quantitative estimate of drug-likeness (QED) is 0.878. The summed E-state index contributed by atoms with van der Waals surface area (Å²) in [5.41, 5.74) is 2.83. The van der Waals surface area contributed by atoms with Crippen LogP contribution < -0.4 is 5.32 Å². The average molecular weight is 262 g/mol. The molecule has 3 nitrogen and oxygen atoms in total. The van der Waals surface area contributed by atoms with Crippen LogP contribution in [0.4, 0.5) is 0 Å². The van der Waals surface area contributed by atoms with E-state index in [1.54, 1.807) is 7.11 Å². The molecule has 0 spiro atoms. The highest BCUT2D eigenvalue weighted by atomic mass is 16.5. The van der Waals surface area contributed by atoms with Crippen LogP contribution in [0.5, 0.6) is 0 Å². The Morgan fingerprint density at radius 3 is 2.37 bits per heavy atom. The van der Waals surface area contributed by atoms with E-state index < -0.39 is 0 Å². The molecule has 0 unspecified atom stereocenters. The number of hydrogen-bond acceptors (Lipinski definition) is 3. The van der Waals surface area contributed by atoms with E-state index in [0.29, 0.717) is 0 Å². The van der Waals surface area contributed by atoms with Crippen molar-refractivity contribution >= 4 is 0 Å². The fourth-order valence-electron chi connectivity index (χ4n) is 2.63. The molecule has 1 aromatic carbocycles. The largest absolute Gasteiger partial charge is 0.384 e. The average Bonchev–Trinajstić information content (AvgIpc) is 2.40. The molecular formula is C16H26N2O. The van der Waals surface area contributed by atoms with Crippen LogP contribution in [0.1, 0.15) is 25.0 Å². The molecule has 0 aliphatic carbocycles. The van der Waals surface area contributed by atoms with Gasteiger partial charge in [0.15, 0.2) is 0 Å². The number of rotatable bonds is 5. The molecule has 0 radical (unpaired) electrons. The zero-order chi connectivity index (χ0) is 13.7. The normalized spacial score (nSPS) is 17.6. The van der Waals surface area contributed by atoms with Gasteiger partial charge >= 0.3 is 0 Å². The molecule has 0 aromatic heterocycles. The smallest absolute Gasteiger partial charge is 0.0553 e. The van der Waals surface area contributed by atoms with Crippen molar-refractivity contribution < 1.29 is 4.74 Å². The maximum Gasteiger partial charge on any atom is 0.0553 e. The maximum atomic E-state index is 5.30. The molecule has 0 atom stereocenters. The topological polar surface area (TPSA) is 24.5 Å². The van der Waals surface area contributed by atoms with Gasteiger partial charge in [0.2, 0.25) is 0 Å². The third-order valence-electron chi connectivity index (χ3n) is 3.86. The Balaban J connectivity index is 1.97. The van der Waals surface area contributed by atoms with Gasteiger partial charge in [0.25, 0.3) is 0 Å². The van der Waals surface area contributed by atoms with Crippen LogP contribution in [0.25, 0.3) is 0 Å². The Bertz CT molecular complexity index is 380. The first kappa shape index (κ1) is 14.5. The highest BCUT2D eigenvalue weighted by Crippen LogP contribution is 2.23. The fourth-order valence-corrected chi connectivity index (χ4v) is 2.63. The minimum absolute atomic E-state index is 0.0856. The zero-order valence-corrected chi connectivity index (χ0v) is 12.4. The molecule has 0 bridgehead atoms. The van der Waals surface area contributed by atoms with Crippen molar-refractivity contribution in [3.63, 3.8) is 0 Å². The van der Waals surface area contributed by atoms with E-state index in [4.69, 9.17) is 4.74 Å². The van der Waals surface area contributed by atoms with Gasteiger partial charge in [0, 0.05) is 45.2 Å². The van der Waals surface area contributed by atoms with Crippen LogP contribution in [0.3, 0.4) is 0 Å². The van der Waals surface area contributed by atoms with E-state index in [2.05, 4.69) is 48.3 Å². The lowest BCUT2D eigenvalue weighted by molar-refractivity contribution is 0.146. The first-order valence-corrected chi connectivity index (χ1v) is 7.13. The number of nitrogens with zero attached hydrogens (tertiary/aromatic N) is 1. The first-order valence-electron chi connectivity index (χ1n) is 7.13. The molecule has 0 saturated carbocycles. The predicted octanol–water partition coefficient (Wildman–Crippen LogP) is 2.02. The van der Waals surface area contributed by atoms with Gasteiger partial charge in [-0.1, -0.05) is 38.1 Å². The first-order chi connectivity index (χ1) is 9.12.